The molecule has 0 heterocycles. The molecule has 4 aliphatic carbocycles. The second-order valence-electron chi connectivity index (χ2n) is 9.83. The van der Waals surface area contributed by atoms with E-state index < -0.39 is 0 Å². The molecule has 6 rings (SSSR count). The average Bonchev–Trinajstić information content (AvgIpc) is 2.69. The number of carbonyl (C=O) groups excluding carboxylic acids is 1. The van der Waals surface area contributed by atoms with E-state index in [0.29, 0.717) is 5.75 Å². The van der Waals surface area contributed by atoms with Gasteiger partial charge in [0.05, 0.1) is 6.42 Å². The summed E-state index contributed by atoms with van der Waals surface area (Å²) in [7, 11) is 0. The summed E-state index contributed by atoms with van der Waals surface area (Å²) in [5.74, 6) is 2.29. The quantitative estimate of drug-likeness (QED) is 0.561. The van der Waals surface area contributed by atoms with Crippen molar-refractivity contribution < 1.29 is 20.1 Å². The van der Waals surface area contributed by atoms with Gasteiger partial charge in [0, 0.05) is 12.1 Å². The minimum atomic E-state index is -0.194. The van der Waals surface area contributed by atoms with Crippen LogP contribution in [0.2, 0.25) is 0 Å². The van der Waals surface area contributed by atoms with Crippen molar-refractivity contribution in [2.24, 2.45) is 17.8 Å². The van der Waals surface area contributed by atoms with Gasteiger partial charge in [-0.15, -0.1) is 0 Å². The fourth-order valence-electron chi connectivity index (χ4n) is 6.69. The van der Waals surface area contributed by atoms with Crippen molar-refractivity contribution >= 4 is 5.91 Å². The van der Waals surface area contributed by atoms with E-state index in [4.69, 9.17) is 0 Å². The van der Waals surface area contributed by atoms with Crippen LogP contribution in [0.1, 0.15) is 55.2 Å². The van der Waals surface area contributed by atoms with Gasteiger partial charge in [-0.2, -0.15) is 0 Å². The predicted octanol–water partition coefficient (Wildman–Crippen LogP) is 4.13. The van der Waals surface area contributed by atoms with Crippen LogP contribution < -0.4 is 5.32 Å². The molecule has 4 N–H and O–H groups in total. The van der Waals surface area contributed by atoms with Crippen LogP contribution in [0.25, 0.3) is 0 Å². The minimum Gasteiger partial charge on any atom is -0.508 e. The number of benzene rings is 2. The van der Waals surface area contributed by atoms with Gasteiger partial charge in [0.25, 0.3) is 0 Å². The lowest BCUT2D eigenvalue weighted by Crippen LogP contribution is -2.48. The number of hydrogen-bond acceptors (Lipinski definition) is 4. The van der Waals surface area contributed by atoms with Crippen molar-refractivity contribution in [2.45, 2.75) is 56.9 Å². The van der Waals surface area contributed by atoms with Crippen molar-refractivity contribution in [1.29, 1.82) is 0 Å². The van der Waals surface area contributed by atoms with Crippen molar-refractivity contribution in [3.63, 3.8) is 0 Å². The SMILES string of the molecule is O=C(Cc1ccc(O)c(C23CC4CC(CC(C4)C2)C3)c1)NCc1ccc(O)c(O)c1. The number of phenols is 3. The van der Waals surface area contributed by atoms with Gasteiger partial charge < -0.3 is 20.6 Å². The number of carbonyl (C=O) groups is 1. The van der Waals surface area contributed by atoms with Crippen LogP contribution in [0.4, 0.5) is 0 Å². The van der Waals surface area contributed by atoms with Crippen LogP contribution >= 0.6 is 0 Å². The summed E-state index contributed by atoms with van der Waals surface area (Å²) < 4.78 is 0. The maximum atomic E-state index is 12.5. The van der Waals surface area contributed by atoms with Crippen molar-refractivity contribution in [2.75, 3.05) is 0 Å². The molecule has 4 aliphatic rings. The number of hydrogen-bond donors (Lipinski definition) is 4. The van der Waals surface area contributed by atoms with Gasteiger partial charge in [0.1, 0.15) is 5.75 Å². The second-order valence-corrected chi connectivity index (χ2v) is 9.83. The smallest absolute Gasteiger partial charge is 0.224 e. The van der Waals surface area contributed by atoms with Gasteiger partial charge in [-0.3, -0.25) is 4.79 Å². The standard InChI is InChI=1S/C25H29NO4/c27-21-3-1-15(10-24(30)26-14-16-2-4-22(28)23(29)9-16)8-20(21)25-11-17-5-18(12-25)7-19(6-17)13-25/h1-4,8-9,17-19,27-29H,5-7,10-14H2,(H,26,30). The van der Waals surface area contributed by atoms with E-state index in [9.17, 15) is 20.1 Å². The van der Waals surface area contributed by atoms with E-state index in [0.717, 1.165) is 34.4 Å². The largest absolute Gasteiger partial charge is 0.508 e. The monoisotopic (exact) mass is 407 g/mol. The van der Waals surface area contributed by atoms with Gasteiger partial charge in [0.15, 0.2) is 11.5 Å². The Bertz CT molecular complexity index is 948. The van der Waals surface area contributed by atoms with Gasteiger partial charge in [0.2, 0.25) is 5.91 Å². The third-order valence-electron chi connectivity index (χ3n) is 7.56. The lowest BCUT2D eigenvalue weighted by molar-refractivity contribution is -0.120. The van der Waals surface area contributed by atoms with Crippen molar-refractivity contribution in [3.05, 3.63) is 53.1 Å². The molecule has 0 spiro atoms. The topological polar surface area (TPSA) is 89.8 Å². The van der Waals surface area contributed by atoms with E-state index in [2.05, 4.69) is 11.4 Å². The molecule has 30 heavy (non-hydrogen) atoms. The number of nitrogens with one attached hydrogen (secondary N) is 1. The zero-order chi connectivity index (χ0) is 20.9. The fourth-order valence-corrected chi connectivity index (χ4v) is 6.69. The summed E-state index contributed by atoms with van der Waals surface area (Å²) >= 11 is 0. The van der Waals surface area contributed by atoms with Crippen molar-refractivity contribution in [1.82, 2.24) is 5.32 Å². The molecule has 0 radical (unpaired) electrons. The molecule has 4 fully saturated rings. The van der Waals surface area contributed by atoms with E-state index in [1.807, 2.05) is 6.07 Å². The maximum absolute atomic E-state index is 12.5. The molecule has 2 aromatic carbocycles. The third-order valence-corrected chi connectivity index (χ3v) is 7.56. The first kappa shape index (κ1) is 19.3. The molecule has 0 unspecified atom stereocenters. The highest BCUT2D eigenvalue weighted by atomic mass is 16.3. The lowest BCUT2D eigenvalue weighted by Gasteiger charge is -2.57. The summed E-state index contributed by atoms with van der Waals surface area (Å²) in [4.78, 5) is 12.5. The fraction of sp³-hybridized carbons (Fsp3) is 0.480. The van der Waals surface area contributed by atoms with Crippen molar-refractivity contribution in [3.8, 4) is 17.2 Å². The molecule has 4 bridgehead atoms. The van der Waals surface area contributed by atoms with Gasteiger partial charge in [-0.1, -0.05) is 18.2 Å². The predicted molar refractivity (Wildman–Crippen MR) is 113 cm³/mol. The molecular weight excluding hydrogens is 378 g/mol. The molecule has 0 saturated heterocycles. The molecule has 0 aliphatic heterocycles. The first-order chi connectivity index (χ1) is 14.4. The number of phenolic OH excluding ortho intramolecular Hbond substituents is 3. The molecule has 1 amide bonds. The normalized spacial score (nSPS) is 29.1. The van der Waals surface area contributed by atoms with E-state index in [1.165, 1.54) is 50.7 Å². The molecule has 5 nitrogen and oxygen atoms in total. The Morgan fingerprint density at radius 1 is 0.833 bits per heavy atom. The number of rotatable bonds is 5. The highest BCUT2D eigenvalue weighted by molar-refractivity contribution is 5.78. The van der Waals surface area contributed by atoms with Gasteiger partial charge in [-0.05, 0) is 91.0 Å². The van der Waals surface area contributed by atoms with Crippen LogP contribution in [0.15, 0.2) is 36.4 Å². The first-order valence-corrected chi connectivity index (χ1v) is 11.0. The minimum absolute atomic E-state index is 0.0921. The van der Waals surface area contributed by atoms with Crippen LogP contribution in [0.3, 0.4) is 0 Å². The lowest BCUT2D eigenvalue weighted by atomic mass is 9.48. The summed E-state index contributed by atoms with van der Waals surface area (Å²) in [5, 5.41) is 32.5. The van der Waals surface area contributed by atoms with Crippen LogP contribution in [0.5, 0.6) is 17.2 Å². The van der Waals surface area contributed by atoms with Crippen LogP contribution in [-0.2, 0) is 23.2 Å². The molecule has 158 valence electrons. The maximum Gasteiger partial charge on any atom is 0.224 e. The summed E-state index contributed by atoms with van der Waals surface area (Å²) in [6.45, 7) is 0.284. The number of aromatic hydroxyl groups is 3. The van der Waals surface area contributed by atoms with Gasteiger partial charge >= 0.3 is 0 Å². The van der Waals surface area contributed by atoms with E-state index >= 15 is 0 Å². The molecule has 0 atom stereocenters. The Morgan fingerprint density at radius 3 is 2.07 bits per heavy atom. The molecule has 4 saturated carbocycles. The average molecular weight is 408 g/mol. The summed E-state index contributed by atoms with van der Waals surface area (Å²) in [5.41, 5.74) is 2.79. The van der Waals surface area contributed by atoms with Crippen LogP contribution in [-0.4, -0.2) is 21.2 Å². The Morgan fingerprint density at radius 2 is 1.43 bits per heavy atom. The Kier molecular flexibility index (Phi) is 4.64. The Labute approximate surface area is 176 Å². The Balaban J connectivity index is 1.29. The van der Waals surface area contributed by atoms with Gasteiger partial charge in [-0.25, -0.2) is 0 Å². The first-order valence-electron chi connectivity index (χ1n) is 11.0. The molecule has 0 aromatic heterocycles. The highest BCUT2D eigenvalue weighted by Crippen LogP contribution is 2.61. The summed E-state index contributed by atoms with van der Waals surface area (Å²) in [6, 6.07) is 10.2. The molecule has 2 aromatic rings. The molecular formula is C25H29NO4. The molecule has 5 heteroatoms. The zero-order valence-corrected chi connectivity index (χ0v) is 17.1. The third kappa shape index (κ3) is 3.51. The highest BCUT2D eigenvalue weighted by Gasteiger charge is 2.52. The summed E-state index contributed by atoms with van der Waals surface area (Å²) in [6.07, 6.45) is 7.84. The zero-order valence-electron chi connectivity index (χ0n) is 17.1. The Hall–Kier alpha value is -2.69. The number of amides is 1. The van der Waals surface area contributed by atoms with E-state index in [-0.39, 0.29) is 35.8 Å². The van der Waals surface area contributed by atoms with Crippen LogP contribution in [0, 0.1) is 17.8 Å². The second kappa shape index (κ2) is 7.22. The van der Waals surface area contributed by atoms with E-state index in [1.54, 1.807) is 12.1 Å².